The molecule has 0 aromatic heterocycles. The third-order valence-corrected chi connectivity index (χ3v) is 3.96. The summed E-state index contributed by atoms with van der Waals surface area (Å²) >= 11 is 0. The van der Waals surface area contributed by atoms with Gasteiger partial charge in [-0.2, -0.15) is 0 Å². The lowest BCUT2D eigenvalue weighted by Crippen LogP contribution is -2.39. The van der Waals surface area contributed by atoms with Crippen molar-refractivity contribution in [2.75, 3.05) is 0 Å². The molecule has 0 aliphatic heterocycles. The summed E-state index contributed by atoms with van der Waals surface area (Å²) in [6.07, 6.45) is 4.59. The molecule has 0 saturated heterocycles. The molecule has 2 unspecified atom stereocenters. The lowest BCUT2D eigenvalue weighted by atomic mass is 9.58. The first-order valence-corrected chi connectivity index (χ1v) is 4.67. The first-order chi connectivity index (χ1) is 4.67. The highest BCUT2D eigenvalue weighted by atomic mass is 14.7. The molecule has 0 radical (unpaired) electrons. The van der Waals surface area contributed by atoms with Gasteiger partial charge in [0.2, 0.25) is 0 Å². The van der Waals surface area contributed by atoms with Gasteiger partial charge in [-0.15, -0.1) is 0 Å². The first-order valence-electron chi connectivity index (χ1n) is 4.67. The van der Waals surface area contributed by atoms with E-state index in [1.54, 1.807) is 0 Å². The third kappa shape index (κ3) is 0.627. The average molecular weight is 138 g/mol. The van der Waals surface area contributed by atoms with Gasteiger partial charge in [0, 0.05) is 0 Å². The van der Waals surface area contributed by atoms with E-state index in [1.165, 1.54) is 19.3 Å². The van der Waals surface area contributed by atoms with Crippen LogP contribution in [-0.2, 0) is 0 Å². The molecule has 2 rings (SSSR count). The highest BCUT2D eigenvalue weighted by Gasteiger charge is 2.60. The minimum atomic E-state index is 0.869. The Hall–Kier alpha value is 0. The van der Waals surface area contributed by atoms with Crippen LogP contribution in [-0.4, -0.2) is 0 Å². The van der Waals surface area contributed by atoms with E-state index in [-0.39, 0.29) is 0 Å². The van der Waals surface area contributed by atoms with E-state index in [2.05, 4.69) is 20.8 Å². The van der Waals surface area contributed by atoms with Gasteiger partial charge in [-0.3, -0.25) is 0 Å². The zero-order valence-electron chi connectivity index (χ0n) is 7.35. The molecular formula is C10H18. The van der Waals surface area contributed by atoms with Gasteiger partial charge in [0.25, 0.3) is 0 Å². The summed E-state index contributed by atoms with van der Waals surface area (Å²) in [5.74, 6) is 3.08. The molecule has 2 fully saturated rings. The molecule has 2 aliphatic rings. The fraction of sp³-hybridized carbons (Fsp3) is 1.00. The second kappa shape index (κ2) is 1.78. The molecule has 0 bridgehead atoms. The van der Waals surface area contributed by atoms with Crippen molar-refractivity contribution in [2.45, 2.75) is 40.0 Å². The molecule has 0 aromatic rings. The van der Waals surface area contributed by atoms with Crippen LogP contribution >= 0.6 is 0 Å². The molecule has 58 valence electrons. The van der Waals surface area contributed by atoms with Crippen molar-refractivity contribution in [3.63, 3.8) is 0 Å². The van der Waals surface area contributed by atoms with E-state index in [4.69, 9.17) is 0 Å². The molecule has 2 atom stereocenters. The van der Waals surface area contributed by atoms with Gasteiger partial charge in [-0.05, 0) is 42.4 Å². The molecule has 0 nitrogen and oxygen atoms in total. The van der Waals surface area contributed by atoms with E-state index >= 15 is 0 Å². The van der Waals surface area contributed by atoms with Gasteiger partial charge in [-0.25, -0.2) is 0 Å². The maximum Gasteiger partial charge on any atom is -0.0240 e. The average Bonchev–Trinajstić information content (AvgIpc) is 2.61. The Labute approximate surface area is 64.0 Å². The van der Waals surface area contributed by atoms with Gasteiger partial charge in [0.1, 0.15) is 0 Å². The predicted octanol–water partition coefficient (Wildman–Crippen LogP) is 3.08. The van der Waals surface area contributed by atoms with Crippen molar-refractivity contribution < 1.29 is 0 Å². The van der Waals surface area contributed by atoms with E-state index < -0.39 is 0 Å². The number of rotatable bonds is 1. The SMILES string of the molecule is CC(C)C1CC(C)C12CC2. The smallest absolute Gasteiger partial charge is 0.0240 e. The van der Waals surface area contributed by atoms with Crippen molar-refractivity contribution in [1.82, 2.24) is 0 Å². The monoisotopic (exact) mass is 138 g/mol. The summed E-state index contributed by atoms with van der Waals surface area (Å²) in [6.45, 7) is 7.21. The predicted molar refractivity (Wildman–Crippen MR) is 43.8 cm³/mol. The number of hydrogen-bond donors (Lipinski definition) is 0. The largest absolute Gasteiger partial charge is 0.0625 e. The van der Waals surface area contributed by atoms with Crippen molar-refractivity contribution in [1.29, 1.82) is 0 Å². The Bertz CT molecular complexity index is 142. The molecule has 10 heavy (non-hydrogen) atoms. The summed E-state index contributed by atoms with van der Waals surface area (Å²) in [4.78, 5) is 0. The maximum atomic E-state index is 2.44. The van der Waals surface area contributed by atoms with Crippen molar-refractivity contribution in [2.24, 2.45) is 23.2 Å². The van der Waals surface area contributed by atoms with Crippen LogP contribution in [0.3, 0.4) is 0 Å². The second-order valence-corrected chi connectivity index (χ2v) is 4.72. The molecule has 0 amide bonds. The number of hydrogen-bond acceptors (Lipinski definition) is 0. The van der Waals surface area contributed by atoms with Gasteiger partial charge >= 0.3 is 0 Å². The summed E-state index contributed by atoms with van der Waals surface area (Å²) < 4.78 is 0. The second-order valence-electron chi connectivity index (χ2n) is 4.72. The Morgan fingerprint density at radius 2 is 1.90 bits per heavy atom. The third-order valence-electron chi connectivity index (χ3n) is 3.96. The van der Waals surface area contributed by atoms with Crippen molar-refractivity contribution >= 4 is 0 Å². The molecule has 2 saturated carbocycles. The van der Waals surface area contributed by atoms with Gasteiger partial charge < -0.3 is 0 Å². The molecule has 1 spiro atoms. The zero-order chi connectivity index (χ0) is 7.35. The van der Waals surface area contributed by atoms with E-state index in [1.807, 2.05) is 0 Å². The van der Waals surface area contributed by atoms with Crippen LogP contribution in [0.25, 0.3) is 0 Å². The summed E-state index contributed by atoms with van der Waals surface area (Å²) in [6, 6.07) is 0. The van der Waals surface area contributed by atoms with Crippen LogP contribution in [0, 0.1) is 23.2 Å². The molecule has 0 aromatic carbocycles. The normalized spacial score (nSPS) is 42.0. The zero-order valence-corrected chi connectivity index (χ0v) is 7.35. The highest BCUT2D eigenvalue weighted by molar-refractivity contribution is 5.10. The molecule has 0 N–H and O–H groups in total. The summed E-state index contributed by atoms with van der Waals surface area (Å²) in [5, 5.41) is 0. The Morgan fingerprint density at radius 3 is 2.10 bits per heavy atom. The van der Waals surface area contributed by atoms with Gasteiger partial charge in [-0.1, -0.05) is 20.8 Å². The first kappa shape index (κ1) is 6.69. The molecular weight excluding hydrogens is 120 g/mol. The summed E-state index contributed by atoms with van der Waals surface area (Å²) in [7, 11) is 0. The fourth-order valence-electron chi connectivity index (χ4n) is 3.00. The highest BCUT2D eigenvalue weighted by Crippen LogP contribution is 2.69. The molecule has 0 heterocycles. The van der Waals surface area contributed by atoms with Crippen molar-refractivity contribution in [3.05, 3.63) is 0 Å². The van der Waals surface area contributed by atoms with Crippen LogP contribution < -0.4 is 0 Å². The fourth-order valence-corrected chi connectivity index (χ4v) is 3.00. The van der Waals surface area contributed by atoms with Crippen LogP contribution in [0.1, 0.15) is 40.0 Å². The van der Waals surface area contributed by atoms with E-state index in [0.717, 1.165) is 23.2 Å². The topological polar surface area (TPSA) is 0 Å². The minimum Gasteiger partial charge on any atom is -0.0625 e. The van der Waals surface area contributed by atoms with Crippen LogP contribution in [0.15, 0.2) is 0 Å². The Kier molecular flexibility index (Phi) is 1.19. The molecule has 0 heteroatoms. The van der Waals surface area contributed by atoms with Crippen LogP contribution in [0.5, 0.6) is 0 Å². The van der Waals surface area contributed by atoms with E-state index in [9.17, 15) is 0 Å². The maximum absolute atomic E-state index is 2.44. The standard InChI is InChI=1S/C10H18/c1-7(2)9-6-8(3)10(9)4-5-10/h7-9H,4-6H2,1-3H3. The van der Waals surface area contributed by atoms with Crippen LogP contribution in [0.4, 0.5) is 0 Å². The van der Waals surface area contributed by atoms with Gasteiger partial charge in [0.05, 0.1) is 0 Å². The van der Waals surface area contributed by atoms with Crippen LogP contribution in [0.2, 0.25) is 0 Å². The Morgan fingerprint density at radius 1 is 1.30 bits per heavy atom. The Balaban J connectivity index is 2.03. The quantitative estimate of drug-likeness (QED) is 0.522. The van der Waals surface area contributed by atoms with E-state index in [0.29, 0.717) is 0 Å². The van der Waals surface area contributed by atoms with Crippen molar-refractivity contribution in [3.8, 4) is 0 Å². The molecule has 2 aliphatic carbocycles. The minimum absolute atomic E-state index is 0.869. The lowest BCUT2D eigenvalue weighted by Gasteiger charge is -2.47. The van der Waals surface area contributed by atoms with Gasteiger partial charge in [0.15, 0.2) is 0 Å². The lowest BCUT2D eigenvalue weighted by molar-refractivity contribution is 0.0219. The summed E-state index contributed by atoms with van der Waals surface area (Å²) in [5.41, 5.74) is 0.869.